The molecule has 0 aliphatic carbocycles. The first-order valence-electron chi connectivity index (χ1n) is 9.75. The van der Waals surface area contributed by atoms with Crippen LogP contribution in [0.2, 0.25) is 0 Å². The number of aromatic nitrogens is 3. The van der Waals surface area contributed by atoms with Crippen LogP contribution in [0.25, 0.3) is 27.9 Å². The molecule has 3 heterocycles. The maximum absolute atomic E-state index is 6.44. The second kappa shape index (κ2) is 7.10. The molecular weight excluding hydrogens is 362 g/mol. The molecule has 0 spiro atoms. The van der Waals surface area contributed by atoms with Crippen LogP contribution in [0.15, 0.2) is 60.9 Å². The number of fused-ring (bicyclic) bond motifs is 1. The number of anilines is 3. The fraction of sp³-hybridized carbons (Fsp3) is 0.182. The van der Waals surface area contributed by atoms with Crippen molar-refractivity contribution < 1.29 is 0 Å². The van der Waals surface area contributed by atoms with Crippen LogP contribution < -0.4 is 21.7 Å². The minimum atomic E-state index is 0.560. The average molecular weight is 385 g/mol. The smallest absolute Gasteiger partial charge is 0.165 e. The van der Waals surface area contributed by atoms with Gasteiger partial charge in [0, 0.05) is 54.9 Å². The Morgan fingerprint density at radius 2 is 1.66 bits per heavy atom. The topological polar surface area (TPSA) is 97.5 Å². The van der Waals surface area contributed by atoms with Gasteiger partial charge in [-0.2, -0.15) is 9.61 Å². The summed E-state index contributed by atoms with van der Waals surface area (Å²) in [7, 11) is 0. The highest BCUT2D eigenvalue weighted by Crippen LogP contribution is 2.31. The molecule has 1 aliphatic rings. The largest absolute Gasteiger partial charge is 0.399 e. The Hall–Kier alpha value is -3.58. The highest BCUT2D eigenvalue weighted by Gasteiger charge is 2.16. The summed E-state index contributed by atoms with van der Waals surface area (Å²) in [6.45, 7) is 4.03. The summed E-state index contributed by atoms with van der Waals surface area (Å²) in [5.41, 5.74) is 18.8. The normalized spacial score (nSPS) is 14.4. The zero-order valence-corrected chi connectivity index (χ0v) is 16.0. The zero-order valence-electron chi connectivity index (χ0n) is 16.0. The van der Waals surface area contributed by atoms with Gasteiger partial charge in [-0.3, -0.25) is 0 Å². The van der Waals surface area contributed by atoms with E-state index in [0.29, 0.717) is 11.5 Å². The fourth-order valence-electron chi connectivity index (χ4n) is 3.83. The van der Waals surface area contributed by atoms with E-state index in [1.807, 2.05) is 36.7 Å². The highest BCUT2D eigenvalue weighted by atomic mass is 15.3. The van der Waals surface area contributed by atoms with Crippen LogP contribution in [0.1, 0.15) is 0 Å². The number of hydrogen-bond acceptors (Lipinski definition) is 6. The lowest BCUT2D eigenvalue weighted by Gasteiger charge is -2.29. The minimum Gasteiger partial charge on any atom is -0.399 e. The Balaban J connectivity index is 1.55. The third-order valence-corrected chi connectivity index (χ3v) is 5.42. The van der Waals surface area contributed by atoms with E-state index >= 15 is 0 Å². The van der Waals surface area contributed by atoms with Crippen molar-refractivity contribution in [1.29, 1.82) is 0 Å². The molecule has 29 heavy (non-hydrogen) atoms. The van der Waals surface area contributed by atoms with Gasteiger partial charge in [0.05, 0.1) is 6.20 Å². The Kier molecular flexibility index (Phi) is 4.29. The summed E-state index contributed by atoms with van der Waals surface area (Å²) >= 11 is 0. The summed E-state index contributed by atoms with van der Waals surface area (Å²) in [5.74, 6) is 0.560. The first-order chi connectivity index (χ1) is 14.2. The molecule has 5 N–H and O–H groups in total. The van der Waals surface area contributed by atoms with Crippen LogP contribution in [0.5, 0.6) is 0 Å². The van der Waals surface area contributed by atoms with E-state index in [4.69, 9.17) is 11.5 Å². The van der Waals surface area contributed by atoms with Crippen LogP contribution >= 0.6 is 0 Å². The molecule has 146 valence electrons. The molecule has 1 fully saturated rings. The van der Waals surface area contributed by atoms with Gasteiger partial charge in [0.2, 0.25) is 0 Å². The number of nitrogens with zero attached hydrogens (tertiary/aromatic N) is 4. The minimum absolute atomic E-state index is 0.560. The van der Waals surface area contributed by atoms with E-state index in [2.05, 4.69) is 44.6 Å². The molecule has 0 unspecified atom stereocenters. The first kappa shape index (κ1) is 17.5. The van der Waals surface area contributed by atoms with Crippen LogP contribution in [0, 0.1) is 0 Å². The van der Waals surface area contributed by atoms with Crippen molar-refractivity contribution in [3.8, 4) is 22.3 Å². The van der Waals surface area contributed by atoms with Crippen LogP contribution in [-0.2, 0) is 0 Å². The van der Waals surface area contributed by atoms with Gasteiger partial charge in [0.1, 0.15) is 5.82 Å². The van der Waals surface area contributed by atoms with Crippen molar-refractivity contribution in [2.24, 2.45) is 0 Å². The molecular formula is C22H23N7. The molecule has 0 saturated carbocycles. The van der Waals surface area contributed by atoms with Gasteiger partial charge >= 0.3 is 0 Å². The molecule has 5 rings (SSSR count). The third-order valence-electron chi connectivity index (χ3n) is 5.42. The van der Waals surface area contributed by atoms with E-state index in [1.165, 1.54) is 5.69 Å². The molecule has 7 nitrogen and oxygen atoms in total. The Labute approximate surface area is 169 Å². The maximum atomic E-state index is 6.44. The molecule has 2 aromatic carbocycles. The standard InChI is InChI=1S/C22H23N7/c23-17-6-4-15(5-7-17)19-13-26-22-20(14-27-29(22)21(19)24)16-2-1-3-18(12-16)28-10-8-25-9-11-28/h1-7,12-14,25H,8-11,23-24H2. The van der Waals surface area contributed by atoms with Crippen LogP contribution in [-0.4, -0.2) is 40.8 Å². The average Bonchev–Trinajstić information content (AvgIpc) is 3.21. The van der Waals surface area contributed by atoms with E-state index in [1.54, 1.807) is 4.52 Å². The van der Waals surface area contributed by atoms with Gasteiger partial charge in [0.25, 0.3) is 0 Å². The third kappa shape index (κ3) is 3.15. The lowest BCUT2D eigenvalue weighted by Crippen LogP contribution is -2.43. The quantitative estimate of drug-likeness (QED) is 0.469. The number of rotatable bonds is 3. The molecule has 0 bridgehead atoms. The Morgan fingerprint density at radius 1 is 0.862 bits per heavy atom. The lowest BCUT2D eigenvalue weighted by atomic mass is 10.1. The summed E-state index contributed by atoms with van der Waals surface area (Å²) in [4.78, 5) is 7.08. The van der Waals surface area contributed by atoms with Gasteiger partial charge in [-0.15, -0.1) is 0 Å². The molecule has 1 aliphatic heterocycles. The molecule has 2 aromatic heterocycles. The predicted octanol–water partition coefficient (Wildman–Crippen LogP) is 2.64. The molecule has 0 radical (unpaired) electrons. The number of benzene rings is 2. The second-order valence-electron chi connectivity index (χ2n) is 7.26. The van der Waals surface area contributed by atoms with E-state index in [-0.39, 0.29) is 0 Å². The second-order valence-corrected chi connectivity index (χ2v) is 7.26. The van der Waals surface area contributed by atoms with Crippen molar-refractivity contribution in [2.45, 2.75) is 0 Å². The Bertz CT molecular complexity index is 1160. The van der Waals surface area contributed by atoms with Crippen molar-refractivity contribution in [3.05, 3.63) is 60.9 Å². The van der Waals surface area contributed by atoms with E-state index < -0.39 is 0 Å². The van der Waals surface area contributed by atoms with E-state index in [0.717, 1.165) is 54.1 Å². The number of piperazine rings is 1. The zero-order chi connectivity index (χ0) is 19.8. The molecule has 0 amide bonds. The van der Waals surface area contributed by atoms with Crippen LogP contribution in [0.4, 0.5) is 17.2 Å². The summed E-state index contributed by atoms with van der Waals surface area (Å²) < 4.78 is 1.71. The van der Waals surface area contributed by atoms with E-state index in [9.17, 15) is 0 Å². The summed E-state index contributed by atoms with van der Waals surface area (Å²) in [6, 6.07) is 16.1. The number of nitrogen functional groups attached to an aromatic ring is 2. The lowest BCUT2D eigenvalue weighted by molar-refractivity contribution is 0.589. The van der Waals surface area contributed by atoms with Crippen molar-refractivity contribution >= 4 is 22.8 Å². The van der Waals surface area contributed by atoms with Crippen LogP contribution in [0.3, 0.4) is 0 Å². The monoisotopic (exact) mass is 385 g/mol. The first-order valence-corrected chi connectivity index (χ1v) is 9.75. The van der Waals surface area contributed by atoms with Gasteiger partial charge in [0.15, 0.2) is 5.65 Å². The summed E-state index contributed by atoms with van der Waals surface area (Å²) in [6.07, 6.45) is 3.64. The highest BCUT2D eigenvalue weighted by molar-refractivity contribution is 5.83. The number of hydrogen-bond donors (Lipinski definition) is 3. The maximum Gasteiger partial charge on any atom is 0.165 e. The van der Waals surface area contributed by atoms with Crippen molar-refractivity contribution in [2.75, 3.05) is 42.5 Å². The van der Waals surface area contributed by atoms with Gasteiger partial charge in [-0.1, -0.05) is 24.3 Å². The van der Waals surface area contributed by atoms with Gasteiger partial charge in [-0.05, 0) is 35.4 Å². The fourth-order valence-corrected chi connectivity index (χ4v) is 3.83. The predicted molar refractivity (Wildman–Crippen MR) is 118 cm³/mol. The summed E-state index contributed by atoms with van der Waals surface area (Å²) in [5, 5.41) is 7.91. The van der Waals surface area contributed by atoms with Crippen molar-refractivity contribution in [3.63, 3.8) is 0 Å². The number of nitrogens with two attached hydrogens (primary N) is 2. The molecule has 4 aromatic rings. The van der Waals surface area contributed by atoms with Crippen molar-refractivity contribution in [1.82, 2.24) is 19.9 Å². The Morgan fingerprint density at radius 3 is 2.45 bits per heavy atom. The SMILES string of the molecule is Nc1ccc(-c2cnc3c(-c4cccc(N5CCNCC5)c4)cnn3c2N)cc1. The number of nitrogens with one attached hydrogen (secondary N) is 1. The van der Waals surface area contributed by atoms with Gasteiger partial charge in [-0.25, -0.2) is 4.98 Å². The molecule has 1 saturated heterocycles. The van der Waals surface area contributed by atoms with Gasteiger partial charge < -0.3 is 21.7 Å². The molecule has 0 atom stereocenters. The molecule has 7 heteroatoms.